The van der Waals surface area contributed by atoms with Crippen molar-refractivity contribution < 1.29 is 0 Å². The van der Waals surface area contributed by atoms with Gasteiger partial charge in [0.15, 0.2) is 0 Å². The molecular formula is C13H29NS. The third-order valence-electron chi connectivity index (χ3n) is 2.63. The van der Waals surface area contributed by atoms with Crippen molar-refractivity contribution in [3.05, 3.63) is 0 Å². The van der Waals surface area contributed by atoms with Crippen molar-refractivity contribution in [2.75, 3.05) is 11.5 Å². The molecule has 1 N–H and O–H groups in total. The molecule has 0 spiro atoms. The van der Waals surface area contributed by atoms with Crippen LogP contribution in [-0.2, 0) is 0 Å². The second kappa shape index (κ2) is 10.8. The van der Waals surface area contributed by atoms with Crippen molar-refractivity contribution in [3.8, 4) is 0 Å². The predicted octanol–water partition coefficient (Wildman–Crippen LogP) is 4.08. The summed E-state index contributed by atoms with van der Waals surface area (Å²) in [5.41, 5.74) is 0. The average Bonchev–Trinajstić information content (AvgIpc) is 2.21. The zero-order chi connectivity index (χ0) is 11.5. The van der Waals surface area contributed by atoms with E-state index >= 15 is 0 Å². The van der Waals surface area contributed by atoms with E-state index in [1.165, 1.54) is 43.6 Å². The van der Waals surface area contributed by atoms with E-state index in [4.69, 9.17) is 0 Å². The first-order chi connectivity index (χ1) is 7.20. The zero-order valence-corrected chi connectivity index (χ0v) is 11.8. The van der Waals surface area contributed by atoms with Gasteiger partial charge in [-0.3, -0.25) is 0 Å². The molecule has 0 rings (SSSR count). The molecule has 0 heterocycles. The molecule has 15 heavy (non-hydrogen) atoms. The average molecular weight is 231 g/mol. The summed E-state index contributed by atoms with van der Waals surface area (Å²) in [7, 11) is 0. The van der Waals surface area contributed by atoms with E-state index < -0.39 is 0 Å². The molecule has 0 fully saturated rings. The van der Waals surface area contributed by atoms with E-state index in [2.05, 4.69) is 33.0 Å². The Labute approximate surface area is 101 Å². The van der Waals surface area contributed by atoms with Crippen molar-refractivity contribution in [2.24, 2.45) is 0 Å². The van der Waals surface area contributed by atoms with Gasteiger partial charge in [-0.05, 0) is 26.0 Å². The van der Waals surface area contributed by atoms with E-state index in [0.717, 1.165) is 0 Å². The quantitative estimate of drug-likeness (QED) is 0.569. The van der Waals surface area contributed by atoms with E-state index in [9.17, 15) is 0 Å². The first-order valence-electron chi connectivity index (χ1n) is 6.54. The Balaban J connectivity index is 3.33. The highest BCUT2D eigenvalue weighted by molar-refractivity contribution is 7.99. The highest BCUT2D eigenvalue weighted by Crippen LogP contribution is 2.07. The van der Waals surface area contributed by atoms with Gasteiger partial charge in [-0.25, -0.2) is 0 Å². The van der Waals surface area contributed by atoms with Gasteiger partial charge in [-0.15, -0.1) is 0 Å². The van der Waals surface area contributed by atoms with Crippen LogP contribution in [-0.4, -0.2) is 23.6 Å². The molecule has 0 aliphatic heterocycles. The maximum Gasteiger partial charge on any atom is 0.0132 e. The third kappa shape index (κ3) is 10.6. The zero-order valence-electron chi connectivity index (χ0n) is 11.0. The lowest BCUT2D eigenvalue weighted by Gasteiger charge is -2.19. The van der Waals surface area contributed by atoms with E-state index in [1.807, 2.05) is 11.8 Å². The van der Waals surface area contributed by atoms with Crippen LogP contribution >= 0.6 is 11.8 Å². The Morgan fingerprint density at radius 3 is 2.33 bits per heavy atom. The van der Waals surface area contributed by atoms with Crippen molar-refractivity contribution in [3.63, 3.8) is 0 Å². The molecule has 0 radical (unpaired) electrons. The van der Waals surface area contributed by atoms with Gasteiger partial charge in [-0.2, -0.15) is 11.8 Å². The molecule has 0 aromatic rings. The Morgan fingerprint density at radius 2 is 1.73 bits per heavy atom. The van der Waals surface area contributed by atoms with Crippen LogP contribution in [0.25, 0.3) is 0 Å². The van der Waals surface area contributed by atoms with Gasteiger partial charge in [0.1, 0.15) is 0 Å². The van der Waals surface area contributed by atoms with E-state index in [1.54, 1.807) is 0 Å². The predicted molar refractivity (Wildman–Crippen MR) is 73.8 cm³/mol. The Bertz CT molecular complexity index is 128. The molecule has 0 aromatic heterocycles. The standard InChI is InChI=1S/C13H29NS/c1-5-7-8-9-10-12(3)14-13(4)11-15-6-2/h12-14H,5-11H2,1-4H3. The summed E-state index contributed by atoms with van der Waals surface area (Å²) in [5.74, 6) is 2.48. The fourth-order valence-electron chi connectivity index (χ4n) is 1.79. The SMILES string of the molecule is CCCCCCC(C)NC(C)CSCC. The van der Waals surface area contributed by atoms with Gasteiger partial charge in [0.2, 0.25) is 0 Å². The van der Waals surface area contributed by atoms with Crippen LogP contribution in [0.2, 0.25) is 0 Å². The minimum atomic E-state index is 0.663. The van der Waals surface area contributed by atoms with Crippen LogP contribution in [0.5, 0.6) is 0 Å². The van der Waals surface area contributed by atoms with Gasteiger partial charge in [0, 0.05) is 17.8 Å². The third-order valence-corrected chi connectivity index (χ3v) is 3.78. The molecule has 0 aromatic carbocycles. The molecule has 0 aliphatic rings. The molecule has 2 unspecified atom stereocenters. The second-order valence-corrected chi connectivity index (χ2v) is 5.80. The van der Waals surface area contributed by atoms with Crippen LogP contribution in [0.3, 0.4) is 0 Å². The van der Waals surface area contributed by atoms with Gasteiger partial charge in [-0.1, -0.05) is 39.5 Å². The smallest absolute Gasteiger partial charge is 0.0132 e. The van der Waals surface area contributed by atoms with Crippen LogP contribution < -0.4 is 5.32 Å². The molecule has 0 saturated carbocycles. The van der Waals surface area contributed by atoms with Crippen molar-refractivity contribution >= 4 is 11.8 Å². The number of unbranched alkanes of at least 4 members (excludes halogenated alkanes) is 3. The maximum atomic E-state index is 3.67. The summed E-state index contributed by atoms with van der Waals surface area (Å²) < 4.78 is 0. The first-order valence-corrected chi connectivity index (χ1v) is 7.69. The fourth-order valence-corrected chi connectivity index (χ4v) is 2.47. The molecule has 0 aliphatic carbocycles. The maximum absolute atomic E-state index is 3.67. The summed E-state index contributed by atoms with van der Waals surface area (Å²) in [6, 6.07) is 1.35. The topological polar surface area (TPSA) is 12.0 Å². The van der Waals surface area contributed by atoms with Crippen LogP contribution in [0.1, 0.15) is 59.8 Å². The lowest BCUT2D eigenvalue weighted by Crippen LogP contribution is -2.36. The number of rotatable bonds is 10. The molecular weight excluding hydrogens is 202 g/mol. The normalized spacial score (nSPS) is 15.2. The van der Waals surface area contributed by atoms with E-state index in [-0.39, 0.29) is 0 Å². The van der Waals surface area contributed by atoms with Crippen LogP contribution in [0.15, 0.2) is 0 Å². The first kappa shape index (κ1) is 15.3. The summed E-state index contributed by atoms with van der Waals surface area (Å²) >= 11 is 2.03. The van der Waals surface area contributed by atoms with Gasteiger partial charge >= 0.3 is 0 Å². The summed E-state index contributed by atoms with van der Waals surface area (Å²) in [6.07, 6.45) is 6.86. The summed E-state index contributed by atoms with van der Waals surface area (Å²) in [4.78, 5) is 0. The Kier molecular flexibility index (Phi) is 11.0. The number of nitrogens with one attached hydrogen (secondary N) is 1. The van der Waals surface area contributed by atoms with Gasteiger partial charge in [0.05, 0.1) is 0 Å². The van der Waals surface area contributed by atoms with Gasteiger partial charge < -0.3 is 5.32 Å². The molecule has 2 atom stereocenters. The lowest BCUT2D eigenvalue weighted by molar-refractivity contribution is 0.449. The second-order valence-electron chi connectivity index (χ2n) is 4.48. The monoisotopic (exact) mass is 231 g/mol. The fraction of sp³-hybridized carbons (Fsp3) is 1.00. The lowest BCUT2D eigenvalue weighted by atomic mass is 10.1. The largest absolute Gasteiger partial charge is 0.311 e. The number of thioether (sulfide) groups is 1. The molecule has 0 saturated heterocycles. The Hall–Kier alpha value is 0.310. The molecule has 2 heteroatoms. The Morgan fingerprint density at radius 1 is 1.00 bits per heavy atom. The molecule has 0 bridgehead atoms. The van der Waals surface area contributed by atoms with Crippen LogP contribution in [0.4, 0.5) is 0 Å². The minimum absolute atomic E-state index is 0.663. The highest BCUT2D eigenvalue weighted by Gasteiger charge is 2.06. The van der Waals surface area contributed by atoms with Crippen molar-refractivity contribution in [2.45, 2.75) is 71.9 Å². The van der Waals surface area contributed by atoms with E-state index in [0.29, 0.717) is 12.1 Å². The molecule has 1 nitrogen and oxygen atoms in total. The highest BCUT2D eigenvalue weighted by atomic mass is 32.2. The summed E-state index contributed by atoms with van der Waals surface area (Å²) in [6.45, 7) is 9.11. The minimum Gasteiger partial charge on any atom is -0.311 e. The number of hydrogen-bond acceptors (Lipinski definition) is 2. The summed E-state index contributed by atoms with van der Waals surface area (Å²) in [5, 5.41) is 3.67. The van der Waals surface area contributed by atoms with Crippen LogP contribution in [0, 0.1) is 0 Å². The van der Waals surface area contributed by atoms with Crippen molar-refractivity contribution in [1.29, 1.82) is 0 Å². The van der Waals surface area contributed by atoms with Gasteiger partial charge in [0.25, 0.3) is 0 Å². The number of hydrogen-bond donors (Lipinski definition) is 1. The molecule has 92 valence electrons. The van der Waals surface area contributed by atoms with Crippen molar-refractivity contribution in [1.82, 2.24) is 5.32 Å². The molecule has 0 amide bonds.